The van der Waals surface area contributed by atoms with Gasteiger partial charge in [-0.05, 0) is 42.7 Å². The second kappa shape index (κ2) is 9.77. The van der Waals surface area contributed by atoms with Gasteiger partial charge in [0, 0.05) is 19.2 Å². The summed E-state index contributed by atoms with van der Waals surface area (Å²) in [6.07, 6.45) is -0.407. The molecule has 2 aromatic heterocycles. The lowest BCUT2D eigenvalue weighted by Gasteiger charge is -2.17. The summed E-state index contributed by atoms with van der Waals surface area (Å²) >= 11 is 0. The molecular formula is C25H28N6O4. The summed E-state index contributed by atoms with van der Waals surface area (Å²) in [6.45, 7) is 5.35. The van der Waals surface area contributed by atoms with Gasteiger partial charge in [0.25, 0.3) is 0 Å². The van der Waals surface area contributed by atoms with Crippen molar-refractivity contribution in [2.24, 2.45) is 0 Å². The van der Waals surface area contributed by atoms with Crippen LogP contribution in [0.25, 0.3) is 22.5 Å². The van der Waals surface area contributed by atoms with Gasteiger partial charge in [-0.2, -0.15) is 5.21 Å². The number of aliphatic hydroxyl groups is 1. The van der Waals surface area contributed by atoms with Crippen molar-refractivity contribution in [3.63, 3.8) is 0 Å². The van der Waals surface area contributed by atoms with Crippen LogP contribution in [0.3, 0.4) is 0 Å². The zero-order chi connectivity index (χ0) is 25.2. The molecular weight excluding hydrogens is 448 g/mol. The van der Waals surface area contributed by atoms with Gasteiger partial charge in [0.1, 0.15) is 23.2 Å². The van der Waals surface area contributed by atoms with E-state index in [1.807, 2.05) is 55.5 Å². The highest BCUT2D eigenvalue weighted by Crippen LogP contribution is 2.31. The van der Waals surface area contributed by atoms with Crippen molar-refractivity contribution in [1.29, 1.82) is 0 Å². The first-order chi connectivity index (χ1) is 16.7. The zero-order valence-electron chi connectivity index (χ0n) is 20.3. The zero-order valence-corrected chi connectivity index (χ0v) is 20.3. The van der Waals surface area contributed by atoms with Gasteiger partial charge < -0.3 is 19.1 Å². The molecule has 0 saturated heterocycles. The Kier molecular flexibility index (Phi) is 6.77. The van der Waals surface area contributed by atoms with Crippen LogP contribution in [0, 0.1) is 0 Å². The number of imidazole rings is 1. The highest BCUT2D eigenvalue weighted by atomic mass is 16.5. The van der Waals surface area contributed by atoms with E-state index < -0.39 is 17.7 Å². The quantitative estimate of drug-likeness (QED) is 0.370. The monoisotopic (exact) mass is 476 g/mol. The molecule has 0 fully saturated rings. The van der Waals surface area contributed by atoms with E-state index in [-0.39, 0.29) is 11.4 Å². The molecule has 4 rings (SSSR count). The number of tetrazole rings is 1. The van der Waals surface area contributed by atoms with Crippen molar-refractivity contribution in [2.45, 2.75) is 39.0 Å². The van der Waals surface area contributed by atoms with E-state index >= 15 is 0 Å². The molecule has 10 heteroatoms. The third kappa shape index (κ3) is 4.84. The number of benzene rings is 2. The van der Waals surface area contributed by atoms with E-state index in [9.17, 15) is 9.90 Å². The molecule has 0 amide bonds. The number of carbonyl (C=O) groups excluding carboxylic acids is 1. The Morgan fingerprint density at radius 3 is 2.37 bits per heavy atom. The lowest BCUT2D eigenvalue weighted by molar-refractivity contribution is 0.0532. The second-order valence-corrected chi connectivity index (χ2v) is 8.66. The number of carbonyl (C=O) groups is 1. The number of rotatable bonds is 8. The average Bonchev–Trinajstić information content (AvgIpc) is 3.52. The molecule has 1 unspecified atom stereocenters. The molecule has 0 aliphatic carbocycles. The smallest absolute Gasteiger partial charge is 0.356 e. The second-order valence-electron chi connectivity index (χ2n) is 8.66. The molecule has 2 heterocycles. The fraction of sp³-hybridized carbons (Fsp3) is 0.320. The van der Waals surface area contributed by atoms with Gasteiger partial charge in [-0.1, -0.05) is 48.5 Å². The number of ether oxygens (including phenoxy) is 2. The molecule has 1 atom stereocenters. The van der Waals surface area contributed by atoms with Crippen LogP contribution in [-0.4, -0.2) is 55.5 Å². The largest absolute Gasteiger partial charge is 0.464 e. The van der Waals surface area contributed by atoms with Crippen LogP contribution in [0.1, 0.15) is 54.4 Å². The molecule has 0 aliphatic heterocycles. The van der Waals surface area contributed by atoms with Gasteiger partial charge in [0.05, 0.1) is 7.11 Å². The Labute approximate surface area is 202 Å². The Hall–Kier alpha value is -3.89. The first-order valence-corrected chi connectivity index (χ1v) is 11.1. The molecule has 0 saturated carbocycles. The van der Waals surface area contributed by atoms with E-state index in [0.29, 0.717) is 18.2 Å². The maximum Gasteiger partial charge on any atom is 0.356 e. The molecule has 0 bridgehead atoms. The van der Waals surface area contributed by atoms with Crippen molar-refractivity contribution in [2.75, 3.05) is 14.2 Å². The summed E-state index contributed by atoms with van der Waals surface area (Å²) in [7, 11) is 2.88. The fourth-order valence-corrected chi connectivity index (χ4v) is 3.95. The van der Waals surface area contributed by atoms with Crippen molar-refractivity contribution in [3.8, 4) is 22.5 Å². The summed E-state index contributed by atoms with van der Waals surface area (Å²) in [5.74, 6) is 0.467. The fourth-order valence-electron chi connectivity index (χ4n) is 3.95. The Morgan fingerprint density at radius 1 is 1.11 bits per heavy atom. The number of hydrogen-bond donors (Lipinski definition) is 2. The minimum Gasteiger partial charge on any atom is -0.464 e. The van der Waals surface area contributed by atoms with Crippen LogP contribution in [0.2, 0.25) is 0 Å². The Morgan fingerprint density at radius 2 is 1.80 bits per heavy atom. The molecule has 182 valence electrons. The normalized spacial score (nSPS) is 12.5. The highest BCUT2D eigenvalue weighted by Gasteiger charge is 2.33. The lowest BCUT2D eigenvalue weighted by atomic mass is 9.98. The van der Waals surface area contributed by atoms with Crippen LogP contribution in [0.15, 0.2) is 48.5 Å². The number of H-pyrrole nitrogens is 1. The van der Waals surface area contributed by atoms with Crippen LogP contribution in [0.5, 0.6) is 0 Å². The molecule has 2 N–H and O–H groups in total. The van der Waals surface area contributed by atoms with Gasteiger partial charge in [0.15, 0.2) is 5.69 Å². The average molecular weight is 477 g/mol. The summed E-state index contributed by atoms with van der Waals surface area (Å²) in [4.78, 5) is 17.3. The van der Waals surface area contributed by atoms with Crippen molar-refractivity contribution in [1.82, 2.24) is 30.2 Å². The molecule has 0 radical (unpaired) electrons. The number of methoxy groups -OCH3 is 2. The van der Waals surface area contributed by atoms with Crippen LogP contribution in [-0.2, 0) is 21.6 Å². The highest BCUT2D eigenvalue weighted by molar-refractivity contribution is 5.89. The molecule has 0 aliphatic rings. The topological polar surface area (TPSA) is 128 Å². The van der Waals surface area contributed by atoms with Crippen molar-refractivity contribution >= 4 is 5.97 Å². The van der Waals surface area contributed by atoms with Crippen LogP contribution >= 0.6 is 0 Å². The third-order valence-corrected chi connectivity index (χ3v) is 5.79. The summed E-state index contributed by atoms with van der Waals surface area (Å²) in [6, 6.07) is 15.8. The lowest BCUT2D eigenvalue weighted by Crippen LogP contribution is -2.23. The SMILES string of the molecule is COC(=O)c1c(C(C)(C)O)nc(C(C)OC)n1Cc1ccc(-c2ccccc2-c2nn[nH]n2)cc1. The van der Waals surface area contributed by atoms with E-state index in [1.54, 1.807) is 25.5 Å². The summed E-state index contributed by atoms with van der Waals surface area (Å²) in [5, 5.41) is 25.1. The summed E-state index contributed by atoms with van der Waals surface area (Å²) < 4.78 is 12.3. The Bertz CT molecular complexity index is 1310. The van der Waals surface area contributed by atoms with Gasteiger partial charge in [-0.25, -0.2) is 9.78 Å². The van der Waals surface area contributed by atoms with Crippen molar-refractivity contribution in [3.05, 3.63) is 71.3 Å². The van der Waals surface area contributed by atoms with E-state index in [4.69, 9.17) is 9.47 Å². The van der Waals surface area contributed by atoms with Gasteiger partial charge in [-0.3, -0.25) is 0 Å². The number of nitrogens with one attached hydrogen (secondary N) is 1. The standard InChI is InChI=1S/C25H28N6O4/c1-15(34-4)23-26-21(25(2,3)33)20(24(32)35-5)31(23)14-16-10-12-17(13-11-16)18-8-6-7-9-19(18)22-27-29-30-28-22/h6-13,15,33H,14H2,1-5H3,(H,27,28,29,30). The molecule has 0 spiro atoms. The van der Waals surface area contributed by atoms with Crippen molar-refractivity contribution < 1.29 is 19.4 Å². The maximum atomic E-state index is 12.8. The first-order valence-electron chi connectivity index (χ1n) is 11.1. The molecule has 35 heavy (non-hydrogen) atoms. The van der Waals surface area contributed by atoms with E-state index in [1.165, 1.54) is 7.11 Å². The maximum absolute atomic E-state index is 12.8. The van der Waals surface area contributed by atoms with E-state index in [0.717, 1.165) is 22.3 Å². The molecule has 10 nitrogen and oxygen atoms in total. The predicted octanol–water partition coefficient (Wildman–Crippen LogP) is 3.50. The van der Waals surface area contributed by atoms with Gasteiger partial charge in [0.2, 0.25) is 5.82 Å². The minimum absolute atomic E-state index is 0.199. The Balaban J connectivity index is 1.74. The predicted molar refractivity (Wildman–Crippen MR) is 128 cm³/mol. The molecule has 4 aromatic rings. The summed E-state index contributed by atoms with van der Waals surface area (Å²) in [5.41, 5.74) is 2.84. The number of aromatic nitrogens is 6. The van der Waals surface area contributed by atoms with E-state index in [2.05, 4.69) is 25.6 Å². The van der Waals surface area contributed by atoms with Crippen LogP contribution < -0.4 is 0 Å². The number of hydrogen-bond acceptors (Lipinski definition) is 8. The van der Waals surface area contributed by atoms with Gasteiger partial charge in [-0.15, -0.1) is 10.2 Å². The number of nitrogens with zero attached hydrogens (tertiary/aromatic N) is 5. The number of aromatic amines is 1. The third-order valence-electron chi connectivity index (χ3n) is 5.79. The molecule has 2 aromatic carbocycles. The van der Waals surface area contributed by atoms with Crippen LogP contribution in [0.4, 0.5) is 0 Å². The first kappa shape index (κ1) is 24.2. The minimum atomic E-state index is -1.35. The number of esters is 1. The van der Waals surface area contributed by atoms with Gasteiger partial charge >= 0.3 is 5.97 Å².